The minimum atomic E-state index is 0.304. The summed E-state index contributed by atoms with van der Waals surface area (Å²) in [4.78, 5) is 6.78. The van der Waals surface area contributed by atoms with Crippen molar-refractivity contribution in [2.45, 2.75) is 31.2 Å². The number of oxazole rings is 1. The molecule has 100 valence electrons. The van der Waals surface area contributed by atoms with E-state index in [-0.39, 0.29) is 0 Å². The van der Waals surface area contributed by atoms with Crippen molar-refractivity contribution in [3.05, 3.63) is 24.6 Å². The van der Waals surface area contributed by atoms with Crippen molar-refractivity contribution in [3.63, 3.8) is 0 Å². The molecule has 2 aliphatic rings. The maximum absolute atomic E-state index is 6.05. The van der Waals surface area contributed by atoms with Gasteiger partial charge in [-0.25, -0.2) is 4.98 Å². The number of aromatic nitrogens is 1. The molecule has 2 aromatic rings. The van der Waals surface area contributed by atoms with Crippen LogP contribution in [0.4, 0.5) is 0 Å². The highest BCUT2D eigenvalue weighted by molar-refractivity contribution is 5.73. The summed E-state index contributed by atoms with van der Waals surface area (Å²) in [7, 11) is 0. The minimum Gasteiger partial charge on any atom is -0.492 e. The molecule has 4 heteroatoms. The lowest BCUT2D eigenvalue weighted by Crippen LogP contribution is -2.43. The van der Waals surface area contributed by atoms with Crippen molar-refractivity contribution in [2.75, 3.05) is 19.7 Å². The molecule has 0 N–H and O–H groups in total. The molecule has 2 saturated heterocycles. The lowest BCUT2D eigenvalue weighted by molar-refractivity contribution is 0.114. The van der Waals surface area contributed by atoms with Crippen LogP contribution in [0.25, 0.3) is 11.1 Å². The zero-order valence-corrected chi connectivity index (χ0v) is 11.0. The number of nitrogens with zero attached hydrogens (tertiary/aromatic N) is 2. The Morgan fingerprint density at radius 2 is 2.11 bits per heavy atom. The maximum Gasteiger partial charge on any atom is 0.181 e. The zero-order chi connectivity index (χ0) is 12.7. The van der Waals surface area contributed by atoms with Gasteiger partial charge in [0.25, 0.3) is 0 Å². The summed E-state index contributed by atoms with van der Waals surface area (Å²) in [5.41, 5.74) is 1.98. The number of fused-ring (bicyclic) bond motifs is 2. The van der Waals surface area contributed by atoms with Crippen LogP contribution >= 0.6 is 0 Å². The zero-order valence-electron chi connectivity index (χ0n) is 11.0. The molecular formula is C15H18N2O2. The van der Waals surface area contributed by atoms with E-state index >= 15 is 0 Å². The van der Waals surface area contributed by atoms with Gasteiger partial charge >= 0.3 is 0 Å². The first-order valence-corrected chi connectivity index (χ1v) is 7.07. The van der Waals surface area contributed by atoms with Crippen LogP contribution in [0, 0.1) is 0 Å². The fraction of sp³-hybridized carbons (Fsp3) is 0.533. The Morgan fingerprint density at radius 3 is 2.95 bits per heavy atom. The van der Waals surface area contributed by atoms with Crippen LogP contribution < -0.4 is 4.74 Å². The van der Waals surface area contributed by atoms with E-state index in [0.717, 1.165) is 23.5 Å². The molecule has 4 rings (SSSR count). The maximum atomic E-state index is 6.05. The average molecular weight is 258 g/mol. The molecular weight excluding hydrogens is 240 g/mol. The van der Waals surface area contributed by atoms with Gasteiger partial charge in [0.15, 0.2) is 12.0 Å². The summed E-state index contributed by atoms with van der Waals surface area (Å²) in [5.74, 6) is 0.898. The first-order valence-electron chi connectivity index (χ1n) is 7.07. The molecule has 0 atom stereocenters. The lowest BCUT2D eigenvalue weighted by atomic mass is 9.95. The predicted octanol–water partition coefficient (Wildman–Crippen LogP) is 2.84. The Hall–Kier alpha value is -1.55. The highest BCUT2D eigenvalue weighted by Gasteiger charge is 2.44. The van der Waals surface area contributed by atoms with Crippen LogP contribution in [0.15, 0.2) is 29.0 Å². The molecule has 0 unspecified atom stereocenters. The normalized spacial score (nSPS) is 21.9. The quantitative estimate of drug-likeness (QED) is 0.848. The van der Waals surface area contributed by atoms with Gasteiger partial charge in [0, 0.05) is 6.07 Å². The number of hydrogen-bond acceptors (Lipinski definition) is 4. The summed E-state index contributed by atoms with van der Waals surface area (Å²) < 4.78 is 11.3. The summed E-state index contributed by atoms with van der Waals surface area (Å²) in [6.45, 7) is 3.29. The molecule has 3 heterocycles. The summed E-state index contributed by atoms with van der Waals surface area (Å²) in [6.07, 6.45) is 6.65. The third-order valence-electron chi connectivity index (χ3n) is 4.62. The highest BCUT2D eigenvalue weighted by atomic mass is 16.5. The van der Waals surface area contributed by atoms with Crippen molar-refractivity contribution in [1.82, 2.24) is 9.88 Å². The standard InChI is InChI=1S/C15H18N2O2/c1-5-15(6-2-8-17(15)7-1)10-18-12-3-4-14-13(9-12)16-11-19-14/h3-4,9,11H,1-2,5-8,10H2. The molecule has 1 aromatic heterocycles. The molecule has 0 bridgehead atoms. The average Bonchev–Trinajstić information content (AvgIpc) is 3.10. The summed E-state index contributed by atoms with van der Waals surface area (Å²) >= 11 is 0. The minimum absolute atomic E-state index is 0.304. The van der Waals surface area contributed by atoms with Crippen molar-refractivity contribution in [1.29, 1.82) is 0 Å². The Balaban J connectivity index is 1.52. The van der Waals surface area contributed by atoms with Crippen molar-refractivity contribution in [3.8, 4) is 5.75 Å². The van der Waals surface area contributed by atoms with E-state index in [9.17, 15) is 0 Å². The molecule has 0 aliphatic carbocycles. The van der Waals surface area contributed by atoms with Crippen LogP contribution in [0.2, 0.25) is 0 Å². The van der Waals surface area contributed by atoms with Gasteiger partial charge in [-0.2, -0.15) is 0 Å². The molecule has 0 saturated carbocycles. The first kappa shape index (κ1) is 11.3. The third kappa shape index (κ3) is 1.82. The van der Waals surface area contributed by atoms with E-state index in [4.69, 9.17) is 9.15 Å². The van der Waals surface area contributed by atoms with Crippen LogP contribution in [-0.2, 0) is 0 Å². The highest BCUT2D eigenvalue weighted by Crippen LogP contribution is 2.39. The van der Waals surface area contributed by atoms with Crippen LogP contribution in [0.1, 0.15) is 25.7 Å². The Morgan fingerprint density at radius 1 is 1.26 bits per heavy atom. The molecule has 0 spiro atoms. The Bertz CT molecular complexity index is 583. The second-order valence-corrected chi connectivity index (χ2v) is 5.69. The number of benzene rings is 1. The molecule has 4 nitrogen and oxygen atoms in total. The summed E-state index contributed by atoms with van der Waals surface area (Å²) in [5, 5.41) is 0. The molecule has 0 amide bonds. The lowest BCUT2D eigenvalue weighted by Gasteiger charge is -2.31. The van der Waals surface area contributed by atoms with E-state index < -0.39 is 0 Å². The Kier molecular flexibility index (Phi) is 2.52. The topological polar surface area (TPSA) is 38.5 Å². The Labute approximate surface area is 112 Å². The van der Waals surface area contributed by atoms with Gasteiger partial charge in [-0.15, -0.1) is 0 Å². The van der Waals surface area contributed by atoms with E-state index in [2.05, 4.69) is 9.88 Å². The largest absolute Gasteiger partial charge is 0.492 e. The van der Waals surface area contributed by atoms with Crippen LogP contribution in [-0.4, -0.2) is 35.1 Å². The first-order chi connectivity index (χ1) is 9.36. The number of rotatable bonds is 3. The van der Waals surface area contributed by atoms with Gasteiger partial charge in [-0.3, -0.25) is 4.90 Å². The van der Waals surface area contributed by atoms with Crippen molar-refractivity contribution >= 4 is 11.1 Å². The monoisotopic (exact) mass is 258 g/mol. The van der Waals surface area contributed by atoms with Crippen LogP contribution in [0.5, 0.6) is 5.75 Å². The fourth-order valence-corrected chi connectivity index (χ4v) is 3.61. The van der Waals surface area contributed by atoms with Gasteiger partial charge in [0.1, 0.15) is 17.9 Å². The van der Waals surface area contributed by atoms with Gasteiger partial charge in [-0.1, -0.05) is 0 Å². The molecule has 2 fully saturated rings. The van der Waals surface area contributed by atoms with Gasteiger partial charge < -0.3 is 9.15 Å². The third-order valence-corrected chi connectivity index (χ3v) is 4.62. The van der Waals surface area contributed by atoms with Gasteiger partial charge in [-0.05, 0) is 50.9 Å². The van der Waals surface area contributed by atoms with E-state index in [0.29, 0.717) is 5.54 Å². The molecule has 2 aliphatic heterocycles. The van der Waals surface area contributed by atoms with Crippen LogP contribution in [0.3, 0.4) is 0 Å². The van der Waals surface area contributed by atoms with E-state index in [1.54, 1.807) is 0 Å². The molecule has 1 aromatic carbocycles. The van der Waals surface area contributed by atoms with Gasteiger partial charge in [0.2, 0.25) is 0 Å². The SMILES string of the molecule is c1nc2cc(OCC34CCCN3CCC4)ccc2o1. The van der Waals surface area contributed by atoms with Gasteiger partial charge in [0.05, 0.1) is 5.54 Å². The second-order valence-electron chi connectivity index (χ2n) is 5.69. The molecule has 19 heavy (non-hydrogen) atoms. The smallest absolute Gasteiger partial charge is 0.181 e. The number of hydrogen-bond donors (Lipinski definition) is 0. The summed E-state index contributed by atoms with van der Waals surface area (Å²) in [6, 6.07) is 5.86. The van der Waals surface area contributed by atoms with E-state index in [1.165, 1.54) is 45.2 Å². The van der Waals surface area contributed by atoms with Crippen molar-refractivity contribution < 1.29 is 9.15 Å². The van der Waals surface area contributed by atoms with Crippen molar-refractivity contribution in [2.24, 2.45) is 0 Å². The van der Waals surface area contributed by atoms with E-state index in [1.807, 2.05) is 18.2 Å². The fourth-order valence-electron chi connectivity index (χ4n) is 3.61. The number of ether oxygens (including phenoxy) is 1. The molecule has 0 radical (unpaired) electrons. The second kappa shape index (κ2) is 4.23. The predicted molar refractivity (Wildman–Crippen MR) is 72.3 cm³/mol.